The van der Waals surface area contributed by atoms with Gasteiger partial charge in [0.1, 0.15) is 0 Å². The van der Waals surface area contributed by atoms with Crippen LogP contribution in [0.15, 0.2) is 12.4 Å². The van der Waals surface area contributed by atoms with Crippen molar-refractivity contribution in [2.24, 2.45) is 0 Å². The van der Waals surface area contributed by atoms with Crippen LogP contribution in [-0.2, 0) is 11.3 Å². The Morgan fingerprint density at radius 2 is 1.89 bits per heavy atom. The van der Waals surface area contributed by atoms with Crippen LogP contribution in [0.1, 0.15) is 49.4 Å². The molecule has 2 fully saturated rings. The van der Waals surface area contributed by atoms with E-state index in [-0.39, 0.29) is 23.9 Å². The average Bonchev–Trinajstić information content (AvgIpc) is 3.07. The molecule has 1 aliphatic heterocycles. The highest BCUT2D eigenvalue weighted by atomic mass is 16.2. The Hall–Kier alpha value is -1.93. The molecule has 1 saturated heterocycles. The molecule has 8 heteroatoms. The minimum absolute atomic E-state index is 0.0784. The molecule has 3 rings (SSSR count). The minimum atomic E-state index is -0.0784. The van der Waals surface area contributed by atoms with Gasteiger partial charge >= 0.3 is 0 Å². The van der Waals surface area contributed by atoms with Gasteiger partial charge in [-0.2, -0.15) is 5.10 Å². The van der Waals surface area contributed by atoms with E-state index in [0.29, 0.717) is 12.1 Å². The van der Waals surface area contributed by atoms with Gasteiger partial charge in [0.2, 0.25) is 5.91 Å². The van der Waals surface area contributed by atoms with Gasteiger partial charge in [0.05, 0.1) is 18.3 Å². The third-order valence-electron chi connectivity index (χ3n) is 5.77. The minimum Gasteiger partial charge on any atom is -0.352 e. The smallest absolute Gasteiger partial charge is 0.254 e. The van der Waals surface area contributed by atoms with Gasteiger partial charge in [0.25, 0.3) is 5.91 Å². The summed E-state index contributed by atoms with van der Waals surface area (Å²) in [7, 11) is 2.13. The molecule has 8 nitrogen and oxygen atoms in total. The highest BCUT2D eigenvalue weighted by molar-refractivity contribution is 5.93. The van der Waals surface area contributed by atoms with Gasteiger partial charge in [-0.05, 0) is 59.2 Å². The van der Waals surface area contributed by atoms with E-state index in [9.17, 15) is 9.59 Å². The molecule has 0 radical (unpaired) electrons. The van der Waals surface area contributed by atoms with E-state index in [4.69, 9.17) is 0 Å². The lowest BCUT2D eigenvalue weighted by Gasteiger charge is -2.31. The Labute approximate surface area is 167 Å². The van der Waals surface area contributed by atoms with Crippen molar-refractivity contribution >= 4 is 11.8 Å². The second kappa shape index (κ2) is 10.0. The molecular weight excluding hydrogens is 356 g/mol. The fraction of sp³-hybridized carbons (Fsp3) is 0.750. The summed E-state index contributed by atoms with van der Waals surface area (Å²) in [5.74, 6) is 0.0242. The van der Waals surface area contributed by atoms with E-state index in [0.717, 1.165) is 64.8 Å². The summed E-state index contributed by atoms with van der Waals surface area (Å²) >= 11 is 0. The molecule has 2 amide bonds. The van der Waals surface area contributed by atoms with Gasteiger partial charge in [0.15, 0.2) is 0 Å². The molecule has 2 N–H and O–H groups in total. The molecule has 0 spiro atoms. The summed E-state index contributed by atoms with van der Waals surface area (Å²) in [5.41, 5.74) is 0.596. The van der Waals surface area contributed by atoms with Crippen LogP contribution in [0, 0.1) is 0 Å². The zero-order chi connectivity index (χ0) is 19.9. The molecule has 1 saturated carbocycles. The Morgan fingerprint density at radius 3 is 2.64 bits per heavy atom. The van der Waals surface area contributed by atoms with E-state index in [1.165, 1.54) is 0 Å². The third kappa shape index (κ3) is 6.04. The number of hydrogen-bond donors (Lipinski definition) is 2. The molecule has 1 aromatic rings. The quantitative estimate of drug-likeness (QED) is 0.747. The lowest BCUT2D eigenvalue weighted by molar-refractivity contribution is -0.123. The number of carbonyl (C=O) groups excluding carboxylic acids is 2. The van der Waals surface area contributed by atoms with Crippen LogP contribution in [0.25, 0.3) is 0 Å². The maximum absolute atomic E-state index is 12.5. The second-order valence-electron chi connectivity index (χ2n) is 8.12. The van der Waals surface area contributed by atoms with Crippen molar-refractivity contribution in [3.05, 3.63) is 18.0 Å². The number of amides is 2. The largest absolute Gasteiger partial charge is 0.352 e. The summed E-state index contributed by atoms with van der Waals surface area (Å²) < 4.78 is 1.75. The molecule has 0 bridgehead atoms. The van der Waals surface area contributed by atoms with Crippen molar-refractivity contribution in [2.45, 2.75) is 57.7 Å². The van der Waals surface area contributed by atoms with Crippen LogP contribution in [-0.4, -0.2) is 83.2 Å². The topological polar surface area (TPSA) is 82.5 Å². The number of likely N-dealkylation sites (N-methyl/N-ethyl adjacent to an activating group) is 1. The number of hydrogen-bond acceptors (Lipinski definition) is 5. The lowest BCUT2D eigenvalue weighted by Crippen LogP contribution is -2.48. The maximum Gasteiger partial charge on any atom is 0.254 e. The first-order valence-electron chi connectivity index (χ1n) is 10.6. The van der Waals surface area contributed by atoms with Gasteiger partial charge in [-0.25, -0.2) is 0 Å². The number of aromatic nitrogens is 2. The predicted octanol–water partition coefficient (Wildman–Crippen LogP) is 0.698. The first-order valence-corrected chi connectivity index (χ1v) is 10.6. The van der Waals surface area contributed by atoms with Gasteiger partial charge in [-0.1, -0.05) is 0 Å². The van der Waals surface area contributed by atoms with E-state index in [2.05, 4.69) is 32.6 Å². The van der Waals surface area contributed by atoms with Crippen molar-refractivity contribution in [3.63, 3.8) is 0 Å². The van der Waals surface area contributed by atoms with Gasteiger partial charge in [0, 0.05) is 37.9 Å². The molecule has 1 aromatic heterocycles. The van der Waals surface area contributed by atoms with E-state index in [1.54, 1.807) is 17.1 Å². The molecular formula is C20H34N6O2. The first-order chi connectivity index (χ1) is 13.5. The van der Waals surface area contributed by atoms with Crippen LogP contribution in [0.3, 0.4) is 0 Å². The summed E-state index contributed by atoms with van der Waals surface area (Å²) in [5, 5.41) is 10.5. The van der Waals surface area contributed by atoms with E-state index >= 15 is 0 Å². The van der Waals surface area contributed by atoms with Crippen molar-refractivity contribution in [3.8, 4) is 0 Å². The molecule has 0 aromatic carbocycles. The molecule has 2 heterocycles. The average molecular weight is 391 g/mol. The fourth-order valence-corrected chi connectivity index (χ4v) is 4.11. The second-order valence-corrected chi connectivity index (χ2v) is 8.12. The first kappa shape index (κ1) is 20.8. The molecule has 28 heavy (non-hydrogen) atoms. The van der Waals surface area contributed by atoms with Crippen molar-refractivity contribution in [2.75, 3.05) is 39.8 Å². The van der Waals surface area contributed by atoms with Crippen LogP contribution < -0.4 is 10.6 Å². The number of aryl methyl sites for hydroxylation is 1. The maximum atomic E-state index is 12.5. The Kier molecular flexibility index (Phi) is 7.44. The Morgan fingerprint density at radius 1 is 1.11 bits per heavy atom. The predicted molar refractivity (Wildman–Crippen MR) is 108 cm³/mol. The molecule has 2 aliphatic rings. The standard InChI is InChI=1S/C20H34N6O2/c1-3-26-14-16(13-21-26)20(28)23-18-7-4-6-17(12-18)22-19(27)15-25-9-5-8-24(2)10-11-25/h13-14,17-18H,3-12,15H2,1-2H3,(H,22,27)(H,23,28)/t17-,18-/m1/s1. The highest BCUT2D eigenvalue weighted by Crippen LogP contribution is 2.19. The monoisotopic (exact) mass is 390 g/mol. The van der Waals surface area contributed by atoms with Gasteiger partial charge in [-0.3, -0.25) is 19.2 Å². The summed E-state index contributed by atoms with van der Waals surface area (Å²) in [6, 6.07) is 0.239. The summed E-state index contributed by atoms with van der Waals surface area (Å²) in [6.07, 6.45) is 8.24. The normalized spacial score (nSPS) is 24.5. The zero-order valence-corrected chi connectivity index (χ0v) is 17.2. The molecule has 2 atom stereocenters. The van der Waals surface area contributed by atoms with Crippen LogP contribution in [0.5, 0.6) is 0 Å². The third-order valence-corrected chi connectivity index (χ3v) is 5.77. The van der Waals surface area contributed by atoms with Crippen LogP contribution >= 0.6 is 0 Å². The molecule has 156 valence electrons. The molecule has 1 aliphatic carbocycles. The van der Waals surface area contributed by atoms with Gasteiger partial charge in [-0.15, -0.1) is 0 Å². The summed E-state index contributed by atoms with van der Waals surface area (Å²) in [4.78, 5) is 29.5. The highest BCUT2D eigenvalue weighted by Gasteiger charge is 2.26. The number of nitrogens with one attached hydrogen (secondary N) is 2. The van der Waals surface area contributed by atoms with Crippen LogP contribution in [0.2, 0.25) is 0 Å². The number of rotatable bonds is 6. The van der Waals surface area contributed by atoms with E-state index in [1.807, 2.05) is 6.92 Å². The SMILES string of the molecule is CCn1cc(C(=O)N[C@@H]2CCC[C@@H](NC(=O)CN3CCCN(C)CC3)C2)cn1. The molecule has 0 unspecified atom stereocenters. The van der Waals surface area contributed by atoms with Crippen molar-refractivity contribution in [1.29, 1.82) is 0 Å². The Balaban J connectivity index is 1.43. The van der Waals surface area contributed by atoms with Crippen molar-refractivity contribution in [1.82, 2.24) is 30.2 Å². The number of carbonyl (C=O) groups is 2. The number of nitrogens with zero attached hydrogens (tertiary/aromatic N) is 4. The van der Waals surface area contributed by atoms with Crippen LogP contribution in [0.4, 0.5) is 0 Å². The van der Waals surface area contributed by atoms with Crippen molar-refractivity contribution < 1.29 is 9.59 Å². The summed E-state index contributed by atoms with van der Waals surface area (Å²) in [6.45, 7) is 7.24. The zero-order valence-electron chi connectivity index (χ0n) is 17.2. The lowest BCUT2D eigenvalue weighted by atomic mass is 9.90. The van der Waals surface area contributed by atoms with Gasteiger partial charge < -0.3 is 15.5 Å². The Bertz CT molecular complexity index is 661. The van der Waals surface area contributed by atoms with E-state index < -0.39 is 0 Å². The fourth-order valence-electron chi connectivity index (χ4n) is 4.11.